The normalized spacial score (nSPS) is 18.4. The van der Waals surface area contributed by atoms with Crippen LogP contribution < -0.4 is 10.6 Å². The molecule has 1 aliphatic heterocycles. The molecule has 6 heteroatoms. The molecule has 0 aromatic heterocycles. The molecule has 0 amide bonds. The molecule has 4 nitrogen and oxygen atoms in total. The van der Waals surface area contributed by atoms with Crippen LogP contribution in [0.1, 0.15) is 67.3 Å². The van der Waals surface area contributed by atoms with Gasteiger partial charge in [0.15, 0.2) is 5.78 Å². The van der Waals surface area contributed by atoms with E-state index in [9.17, 15) is 10.1 Å². The Balaban J connectivity index is 1.68. The van der Waals surface area contributed by atoms with Gasteiger partial charge in [-0.15, -0.1) is 11.8 Å². The number of hydrogen-bond donors (Lipinski definition) is 1. The lowest BCUT2D eigenvalue weighted by molar-refractivity contribution is -0.118. The van der Waals surface area contributed by atoms with Crippen molar-refractivity contribution < 1.29 is 4.79 Å². The maximum absolute atomic E-state index is 14.1. The lowest BCUT2D eigenvalue weighted by Crippen LogP contribution is -2.42. The lowest BCUT2D eigenvalue weighted by atomic mass is 9.67. The van der Waals surface area contributed by atoms with Gasteiger partial charge >= 0.3 is 0 Å². The number of carbonyl (C=O) groups is 1. The first-order chi connectivity index (χ1) is 19.5. The van der Waals surface area contributed by atoms with Gasteiger partial charge in [0.05, 0.1) is 23.2 Å². The first-order valence-electron chi connectivity index (χ1n) is 14.1. The maximum atomic E-state index is 14.1. The van der Waals surface area contributed by atoms with Crippen molar-refractivity contribution in [3.05, 3.63) is 116 Å². The number of nitriles is 1. The molecule has 0 saturated heterocycles. The van der Waals surface area contributed by atoms with Crippen LogP contribution in [0.2, 0.25) is 5.02 Å². The number of Topliss-reactive ketones (excluding diaryl/α,β-unsaturated/α-hetero) is 1. The van der Waals surface area contributed by atoms with Crippen LogP contribution in [-0.4, -0.2) is 5.78 Å². The van der Waals surface area contributed by atoms with Crippen molar-refractivity contribution in [3.8, 4) is 6.07 Å². The average molecular weight is 582 g/mol. The largest absolute Gasteiger partial charge is 0.384 e. The lowest BCUT2D eigenvalue weighted by Gasteiger charge is -2.44. The molecule has 1 unspecified atom stereocenters. The summed E-state index contributed by atoms with van der Waals surface area (Å²) in [6.07, 6.45) is 1.96. The molecule has 1 heterocycles. The number of nitrogens with two attached hydrogens (primary N) is 1. The third kappa shape index (κ3) is 5.56. The first kappa shape index (κ1) is 29.0. The van der Waals surface area contributed by atoms with Crippen molar-refractivity contribution in [2.75, 3.05) is 4.90 Å². The highest BCUT2D eigenvalue weighted by molar-refractivity contribution is 7.98. The molecule has 0 bridgehead atoms. The number of thioether (sulfide) groups is 1. The third-order valence-corrected chi connectivity index (χ3v) is 9.53. The van der Waals surface area contributed by atoms with E-state index in [0.29, 0.717) is 34.8 Å². The molecule has 0 fully saturated rings. The topological polar surface area (TPSA) is 70.1 Å². The maximum Gasteiger partial charge on any atom is 0.162 e. The number of hydrogen-bond acceptors (Lipinski definition) is 5. The second-order valence-corrected chi connectivity index (χ2v) is 13.3. The number of aryl methyl sites for hydroxylation is 2. The number of anilines is 1. The Kier molecular flexibility index (Phi) is 8.10. The van der Waals surface area contributed by atoms with Gasteiger partial charge in [-0.1, -0.05) is 68.3 Å². The number of ketones is 1. The van der Waals surface area contributed by atoms with Gasteiger partial charge in [-0.3, -0.25) is 9.69 Å². The van der Waals surface area contributed by atoms with Gasteiger partial charge in [-0.05, 0) is 84.7 Å². The van der Waals surface area contributed by atoms with E-state index < -0.39 is 5.92 Å². The number of allylic oxidation sites excluding steroid dienone is 3. The molecular weight excluding hydrogens is 546 g/mol. The molecule has 5 rings (SSSR count). The fourth-order valence-corrected chi connectivity index (χ4v) is 7.30. The van der Waals surface area contributed by atoms with Crippen molar-refractivity contribution in [2.24, 2.45) is 11.1 Å². The predicted octanol–water partition coefficient (Wildman–Crippen LogP) is 8.75. The zero-order valence-electron chi connectivity index (χ0n) is 24.3. The molecule has 0 radical (unpaired) electrons. The molecular formula is C35H36ClN3OS. The van der Waals surface area contributed by atoms with Crippen molar-refractivity contribution in [3.63, 3.8) is 0 Å². The van der Waals surface area contributed by atoms with Gasteiger partial charge in [-0.25, -0.2) is 0 Å². The predicted molar refractivity (Wildman–Crippen MR) is 170 cm³/mol. The summed E-state index contributed by atoms with van der Waals surface area (Å²) in [5.74, 6) is 0.778. The van der Waals surface area contributed by atoms with Crippen LogP contribution in [0.5, 0.6) is 0 Å². The fourth-order valence-electron chi connectivity index (χ4n) is 6.23. The van der Waals surface area contributed by atoms with Crippen molar-refractivity contribution in [2.45, 2.75) is 70.4 Å². The summed E-state index contributed by atoms with van der Waals surface area (Å²) < 4.78 is 0. The summed E-state index contributed by atoms with van der Waals surface area (Å²) in [4.78, 5) is 17.2. The number of rotatable bonds is 6. The molecule has 0 spiro atoms. The molecule has 2 aliphatic rings. The minimum absolute atomic E-state index is 0.0958. The van der Waals surface area contributed by atoms with Gasteiger partial charge in [0.1, 0.15) is 5.82 Å². The van der Waals surface area contributed by atoms with E-state index in [4.69, 9.17) is 17.3 Å². The standard InChI is InChI=1S/C35H36ClN3OS/c1-6-23-9-7-8-10-29(23)39-30-17-35(4,5)18-31(40)33(30)32(28(19-37)34(39)38)27-16-21(2)15-24(22(27)3)20-41-26-13-11-25(36)12-14-26/h7-16,32H,6,17-18,20,38H2,1-5H3. The zero-order valence-corrected chi connectivity index (χ0v) is 25.9. The van der Waals surface area contributed by atoms with E-state index in [-0.39, 0.29) is 11.2 Å². The van der Waals surface area contributed by atoms with Crippen LogP contribution in [0.4, 0.5) is 5.69 Å². The SMILES string of the molecule is CCc1ccccc1N1C(N)=C(C#N)C(c2cc(C)cc(CSc3ccc(Cl)cc3)c2C)C2=C1CC(C)(C)CC2=O. The van der Waals surface area contributed by atoms with Crippen molar-refractivity contribution in [1.29, 1.82) is 5.26 Å². The first-order valence-corrected chi connectivity index (χ1v) is 15.4. The number of benzene rings is 3. The van der Waals surface area contributed by atoms with Crippen LogP contribution in [0.3, 0.4) is 0 Å². The van der Waals surface area contributed by atoms with E-state index in [1.54, 1.807) is 11.8 Å². The molecule has 3 aromatic carbocycles. The number of nitrogens with zero attached hydrogens (tertiary/aromatic N) is 2. The van der Waals surface area contributed by atoms with Gasteiger partial charge in [-0.2, -0.15) is 5.26 Å². The molecule has 210 valence electrons. The fraction of sp³-hybridized carbons (Fsp3) is 0.314. The second kappa shape index (κ2) is 11.4. The molecule has 1 aliphatic carbocycles. The number of carbonyl (C=O) groups excluding carboxylic acids is 1. The van der Waals surface area contributed by atoms with Gasteiger partial charge in [0.2, 0.25) is 0 Å². The molecule has 2 N–H and O–H groups in total. The highest BCUT2D eigenvalue weighted by Crippen LogP contribution is 2.51. The van der Waals surface area contributed by atoms with E-state index in [1.807, 2.05) is 47.4 Å². The zero-order chi connectivity index (χ0) is 29.5. The monoisotopic (exact) mass is 581 g/mol. The van der Waals surface area contributed by atoms with Crippen molar-refractivity contribution >= 4 is 34.8 Å². The van der Waals surface area contributed by atoms with E-state index in [0.717, 1.165) is 50.7 Å². The van der Waals surface area contributed by atoms with Gasteiger partial charge < -0.3 is 5.73 Å². The van der Waals surface area contributed by atoms with Crippen LogP contribution in [0, 0.1) is 30.6 Å². The Labute approximate surface area is 252 Å². The van der Waals surface area contributed by atoms with E-state index >= 15 is 0 Å². The number of halogens is 1. The Morgan fingerprint density at radius 2 is 1.78 bits per heavy atom. The Hall–Kier alpha value is -3.46. The summed E-state index contributed by atoms with van der Waals surface area (Å²) in [6.45, 7) is 10.6. The van der Waals surface area contributed by atoms with Crippen LogP contribution >= 0.6 is 23.4 Å². The molecule has 41 heavy (non-hydrogen) atoms. The van der Waals surface area contributed by atoms with Gasteiger partial charge in [0, 0.05) is 33.4 Å². The smallest absolute Gasteiger partial charge is 0.162 e. The summed E-state index contributed by atoms with van der Waals surface area (Å²) in [5, 5.41) is 11.3. The highest BCUT2D eigenvalue weighted by atomic mass is 35.5. The third-order valence-electron chi connectivity index (χ3n) is 8.21. The summed E-state index contributed by atoms with van der Waals surface area (Å²) in [6, 6.07) is 22.8. The summed E-state index contributed by atoms with van der Waals surface area (Å²) >= 11 is 7.83. The van der Waals surface area contributed by atoms with Crippen LogP contribution in [-0.2, 0) is 17.0 Å². The minimum Gasteiger partial charge on any atom is -0.384 e. The van der Waals surface area contributed by atoms with E-state index in [2.05, 4.69) is 58.9 Å². The molecule has 0 saturated carbocycles. The molecule has 3 aromatic rings. The highest BCUT2D eigenvalue weighted by Gasteiger charge is 2.45. The Morgan fingerprint density at radius 3 is 2.46 bits per heavy atom. The van der Waals surface area contributed by atoms with E-state index in [1.165, 1.54) is 5.56 Å². The summed E-state index contributed by atoms with van der Waals surface area (Å²) in [5.41, 5.74) is 15.2. The molecule has 1 atom stereocenters. The average Bonchev–Trinajstić information content (AvgIpc) is 2.93. The minimum atomic E-state index is -0.497. The Morgan fingerprint density at radius 1 is 1.07 bits per heavy atom. The van der Waals surface area contributed by atoms with Crippen LogP contribution in [0.25, 0.3) is 0 Å². The second-order valence-electron chi connectivity index (χ2n) is 11.8. The summed E-state index contributed by atoms with van der Waals surface area (Å²) in [7, 11) is 0. The Bertz CT molecular complexity index is 1630. The quantitative estimate of drug-likeness (QED) is 0.295. The van der Waals surface area contributed by atoms with Crippen molar-refractivity contribution in [1.82, 2.24) is 0 Å². The van der Waals surface area contributed by atoms with Crippen LogP contribution in [0.15, 0.2) is 88.2 Å². The number of para-hydroxylation sites is 1. The van der Waals surface area contributed by atoms with Gasteiger partial charge in [0.25, 0.3) is 0 Å².